The first-order chi connectivity index (χ1) is 11.0. The van der Waals surface area contributed by atoms with Crippen LogP contribution in [0, 0.1) is 11.3 Å². The van der Waals surface area contributed by atoms with Gasteiger partial charge >= 0.3 is 0 Å². The van der Waals surface area contributed by atoms with Gasteiger partial charge in [0.15, 0.2) is 0 Å². The summed E-state index contributed by atoms with van der Waals surface area (Å²) in [5, 5.41) is 3.13. The van der Waals surface area contributed by atoms with Crippen LogP contribution in [0.2, 0.25) is 5.02 Å². The number of carbonyl (C=O) groups excluding carboxylic acids is 2. The number of anilines is 1. The van der Waals surface area contributed by atoms with Crippen LogP contribution in [0.4, 0.5) is 5.82 Å². The van der Waals surface area contributed by atoms with Crippen molar-refractivity contribution in [3.05, 3.63) is 22.8 Å². The van der Waals surface area contributed by atoms with Crippen molar-refractivity contribution in [3.8, 4) is 0 Å². The molecule has 2 amide bonds. The van der Waals surface area contributed by atoms with E-state index in [1.165, 1.54) is 12.3 Å². The van der Waals surface area contributed by atoms with Crippen molar-refractivity contribution in [3.63, 3.8) is 0 Å². The Hall–Kier alpha value is -1.86. The average Bonchev–Trinajstić information content (AvgIpc) is 2.94. The lowest BCUT2D eigenvalue weighted by Crippen LogP contribution is -2.49. The summed E-state index contributed by atoms with van der Waals surface area (Å²) < 4.78 is 5.55. The molecule has 2 atom stereocenters. The Labute approximate surface area is 139 Å². The Morgan fingerprint density at radius 2 is 2.35 bits per heavy atom. The summed E-state index contributed by atoms with van der Waals surface area (Å²) in [5.74, 6) is 0.105. The Morgan fingerprint density at radius 3 is 3.00 bits per heavy atom. The minimum Gasteiger partial charge on any atom is -0.381 e. The molecular weight excluding hydrogens is 320 g/mol. The van der Waals surface area contributed by atoms with Crippen LogP contribution in [0.1, 0.15) is 16.8 Å². The van der Waals surface area contributed by atoms with Crippen molar-refractivity contribution in [2.45, 2.75) is 6.42 Å². The van der Waals surface area contributed by atoms with E-state index in [1.807, 2.05) is 4.90 Å². The van der Waals surface area contributed by atoms with Gasteiger partial charge in [0, 0.05) is 38.9 Å². The van der Waals surface area contributed by atoms with Crippen molar-refractivity contribution in [1.29, 1.82) is 0 Å². The number of rotatable bonds is 3. The fraction of sp³-hybridized carbons (Fsp3) is 0.533. The van der Waals surface area contributed by atoms with Gasteiger partial charge in [0.25, 0.3) is 0 Å². The van der Waals surface area contributed by atoms with E-state index in [2.05, 4.69) is 10.3 Å². The summed E-state index contributed by atoms with van der Waals surface area (Å²) in [6.07, 6.45) is 2.08. The summed E-state index contributed by atoms with van der Waals surface area (Å²) in [7, 11) is 1.65. The fourth-order valence-corrected chi connectivity index (χ4v) is 3.82. The molecule has 124 valence electrons. The van der Waals surface area contributed by atoms with Crippen LogP contribution < -0.4 is 16.0 Å². The zero-order valence-electron chi connectivity index (χ0n) is 12.8. The minimum absolute atomic E-state index is 0.0261. The third-order valence-corrected chi connectivity index (χ3v) is 5.07. The predicted octanol–water partition coefficient (Wildman–Crippen LogP) is 0.423. The molecule has 0 aliphatic carbocycles. The topological polar surface area (TPSA) is 97.6 Å². The highest BCUT2D eigenvalue weighted by atomic mass is 35.5. The Kier molecular flexibility index (Phi) is 4.16. The number of fused-ring (bicyclic) bond motifs is 1. The molecule has 1 aromatic rings. The summed E-state index contributed by atoms with van der Waals surface area (Å²) in [6.45, 7) is 2.28. The first-order valence-corrected chi connectivity index (χ1v) is 7.86. The van der Waals surface area contributed by atoms with E-state index in [9.17, 15) is 9.59 Å². The smallest absolute Gasteiger partial charge is 0.250 e. The van der Waals surface area contributed by atoms with Crippen LogP contribution in [0.15, 0.2) is 12.3 Å². The molecule has 0 unspecified atom stereocenters. The van der Waals surface area contributed by atoms with Gasteiger partial charge in [-0.05, 0) is 12.5 Å². The van der Waals surface area contributed by atoms with E-state index in [0.29, 0.717) is 43.6 Å². The molecule has 3 N–H and O–H groups in total. The second kappa shape index (κ2) is 5.98. The van der Waals surface area contributed by atoms with Gasteiger partial charge in [0.1, 0.15) is 5.82 Å². The molecule has 23 heavy (non-hydrogen) atoms. The lowest BCUT2D eigenvalue weighted by molar-refractivity contribution is -0.138. The van der Waals surface area contributed by atoms with E-state index in [4.69, 9.17) is 22.1 Å². The lowest BCUT2D eigenvalue weighted by Gasteiger charge is -2.36. The number of halogens is 1. The Bertz CT molecular complexity index is 654. The largest absolute Gasteiger partial charge is 0.381 e. The van der Waals surface area contributed by atoms with Crippen molar-refractivity contribution < 1.29 is 14.3 Å². The molecular formula is C15H19ClN4O3. The molecule has 0 radical (unpaired) electrons. The number of pyridine rings is 1. The molecule has 8 heteroatoms. The van der Waals surface area contributed by atoms with Gasteiger partial charge in [0.05, 0.1) is 22.6 Å². The molecule has 0 bridgehead atoms. The SMILES string of the molecule is CNC(=O)[C@]12CCOC[C@H]1CN(c1ncc(C(N)=O)cc1Cl)C2. The standard InChI is InChI=1S/C15H19ClN4O3/c1-18-14(22)15-2-3-23-7-10(15)6-20(8-15)13-11(16)4-9(5-19-13)12(17)21/h4-5,10H,2-3,6-8H2,1H3,(H2,17,21)(H,18,22)/t10-,15+/m1/s1. The molecule has 2 aliphatic heterocycles. The zero-order valence-corrected chi connectivity index (χ0v) is 13.6. The number of aromatic nitrogens is 1. The van der Waals surface area contributed by atoms with Gasteiger partial charge in [-0.25, -0.2) is 4.98 Å². The van der Waals surface area contributed by atoms with E-state index < -0.39 is 11.3 Å². The van der Waals surface area contributed by atoms with Crippen LogP contribution in [-0.4, -0.2) is 50.1 Å². The van der Waals surface area contributed by atoms with Crippen molar-refractivity contribution in [1.82, 2.24) is 10.3 Å². The Morgan fingerprint density at radius 1 is 1.57 bits per heavy atom. The van der Waals surface area contributed by atoms with Crippen LogP contribution >= 0.6 is 11.6 Å². The van der Waals surface area contributed by atoms with Gasteiger partial charge in [0.2, 0.25) is 11.8 Å². The van der Waals surface area contributed by atoms with Gasteiger partial charge in [-0.3, -0.25) is 9.59 Å². The average molecular weight is 339 g/mol. The molecule has 1 aromatic heterocycles. The monoisotopic (exact) mass is 338 g/mol. The molecule has 3 heterocycles. The first kappa shape index (κ1) is 16.0. The van der Waals surface area contributed by atoms with Crippen molar-refractivity contribution >= 4 is 29.2 Å². The lowest BCUT2D eigenvalue weighted by atomic mass is 9.73. The number of carbonyl (C=O) groups is 2. The number of amides is 2. The molecule has 3 rings (SSSR count). The summed E-state index contributed by atoms with van der Waals surface area (Å²) in [4.78, 5) is 29.9. The summed E-state index contributed by atoms with van der Waals surface area (Å²) in [6, 6.07) is 1.51. The van der Waals surface area contributed by atoms with E-state index in [1.54, 1.807) is 7.05 Å². The first-order valence-electron chi connectivity index (χ1n) is 7.48. The third-order valence-electron chi connectivity index (χ3n) is 4.79. The molecule has 2 fully saturated rings. The second-order valence-corrected chi connectivity index (χ2v) is 6.44. The van der Waals surface area contributed by atoms with Crippen molar-refractivity contribution in [2.75, 3.05) is 38.3 Å². The fourth-order valence-electron chi connectivity index (χ4n) is 3.53. The van der Waals surface area contributed by atoms with E-state index in [0.717, 1.165) is 0 Å². The van der Waals surface area contributed by atoms with E-state index in [-0.39, 0.29) is 17.4 Å². The molecule has 0 spiro atoms. The number of nitrogens with one attached hydrogen (secondary N) is 1. The zero-order chi connectivity index (χ0) is 16.6. The van der Waals surface area contributed by atoms with Crippen LogP contribution in [0.5, 0.6) is 0 Å². The number of nitrogens with zero attached hydrogens (tertiary/aromatic N) is 2. The number of primary amides is 1. The van der Waals surface area contributed by atoms with Crippen LogP contribution in [0.3, 0.4) is 0 Å². The number of nitrogens with two attached hydrogens (primary N) is 1. The highest BCUT2D eigenvalue weighted by Crippen LogP contribution is 2.44. The molecule has 2 aliphatic rings. The maximum Gasteiger partial charge on any atom is 0.250 e. The maximum atomic E-state index is 12.5. The summed E-state index contributed by atoms with van der Waals surface area (Å²) in [5.41, 5.74) is 5.02. The van der Waals surface area contributed by atoms with E-state index >= 15 is 0 Å². The number of hydrogen-bond acceptors (Lipinski definition) is 5. The van der Waals surface area contributed by atoms with Gasteiger partial charge in [-0.15, -0.1) is 0 Å². The predicted molar refractivity (Wildman–Crippen MR) is 85.4 cm³/mol. The maximum absolute atomic E-state index is 12.5. The molecule has 0 saturated carbocycles. The molecule has 2 saturated heterocycles. The quantitative estimate of drug-likeness (QED) is 0.832. The van der Waals surface area contributed by atoms with Crippen LogP contribution in [-0.2, 0) is 9.53 Å². The second-order valence-electron chi connectivity index (χ2n) is 6.03. The van der Waals surface area contributed by atoms with Gasteiger partial charge < -0.3 is 20.7 Å². The normalized spacial score (nSPS) is 26.7. The molecule has 0 aromatic carbocycles. The minimum atomic E-state index is -0.573. The highest BCUT2D eigenvalue weighted by Gasteiger charge is 2.53. The number of hydrogen-bond donors (Lipinski definition) is 2. The molecule has 7 nitrogen and oxygen atoms in total. The van der Waals surface area contributed by atoms with Gasteiger partial charge in [-0.2, -0.15) is 0 Å². The van der Waals surface area contributed by atoms with Crippen LogP contribution in [0.25, 0.3) is 0 Å². The highest BCUT2D eigenvalue weighted by molar-refractivity contribution is 6.33. The number of ether oxygens (including phenoxy) is 1. The third kappa shape index (κ3) is 2.64. The summed E-state index contributed by atoms with van der Waals surface area (Å²) >= 11 is 6.27. The van der Waals surface area contributed by atoms with Crippen molar-refractivity contribution in [2.24, 2.45) is 17.1 Å². The Balaban J connectivity index is 1.91. The van der Waals surface area contributed by atoms with Gasteiger partial charge in [-0.1, -0.05) is 11.6 Å².